The Morgan fingerprint density at radius 2 is 1.75 bits per heavy atom. The maximum atomic E-state index is 6.49. The first-order valence-corrected chi connectivity index (χ1v) is 9.56. The Morgan fingerprint density at radius 3 is 2.39 bits per heavy atom. The molecule has 140 valence electrons. The summed E-state index contributed by atoms with van der Waals surface area (Å²) in [5, 5.41) is 3.01. The van der Waals surface area contributed by atoms with Crippen LogP contribution >= 0.6 is 0 Å². The third-order valence-electron chi connectivity index (χ3n) is 5.60. The maximum Gasteiger partial charge on any atom is 0.224 e. The van der Waals surface area contributed by atoms with E-state index in [1.54, 1.807) is 6.20 Å². The van der Waals surface area contributed by atoms with Crippen LogP contribution in [0, 0.1) is 0 Å². The molecule has 0 aliphatic heterocycles. The molecule has 1 aliphatic rings. The summed E-state index contributed by atoms with van der Waals surface area (Å²) < 4.78 is 2.08. The molecule has 0 bridgehead atoms. The molecule has 6 heteroatoms. The van der Waals surface area contributed by atoms with E-state index in [2.05, 4.69) is 56.3 Å². The third-order valence-corrected chi connectivity index (χ3v) is 5.60. The van der Waals surface area contributed by atoms with Crippen LogP contribution in [-0.2, 0) is 5.54 Å². The molecule has 0 radical (unpaired) electrons. The molecular weight excluding hydrogens is 348 g/mol. The first kappa shape index (κ1) is 16.9. The van der Waals surface area contributed by atoms with Crippen LogP contribution in [0.3, 0.4) is 0 Å². The van der Waals surface area contributed by atoms with E-state index in [4.69, 9.17) is 10.7 Å². The fourth-order valence-corrected chi connectivity index (χ4v) is 3.81. The summed E-state index contributed by atoms with van der Waals surface area (Å²) in [4.78, 5) is 13.8. The minimum Gasteiger partial charge on any atom is -0.357 e. The average molecular weight is 370 g/mol. The molecule has 2 aromatic heterocycles. The van der Waals surface area contributed by atoms with Gasteiger partial charge in [0.2, 0.25) is 5.95 Å². The second kappa shape index (κ2) is 6.42. The van der Waals surface area contributed by atoms with Gasteiger partial charge in [-0.1, -0.05) is 42.5 Å². The van der Waals surface area contributed by atoms with E-state index in [-0.39, 0.29) is 5.54 Å². The summed E-state index contributed by atoms with van der Waals surface area (Å²) in [5.41, 5.74) is 11.1. The topological polar surface area (TPSA) is 81.7 Å². The Bertz CT molecular complexity index is 1130. The number of nitrogens with one attached hydrogen (secondary N) is 1. The molecule has 3 N–H and O–H groups in total. The van der Waals surface area contributed by atoms with Gasteiger partial charge in [-0.3, -0.25) is 4.57 Å². The molecule has 0 unspecified atom stereocenters. The number of aromatic nitrogens is 4. The lowest BCUT2D eigenvalue weighted by Crippen LogP contribution is -2.43. The summed E-state index contributed by atoms with van der Waals surface area (Å²) in [6, 6.07) is 18.6. The van der Waals surface area contributed by atoms with E-state index in [0.29, 0.717) is 5.95 Å². The van der Waals surface area contributed by atoms with Gasteiger partial charge in [-0.2, -0.15) is 4.98 Å². The molecule has 0 saturated heterocycles. The lowest BCUT2D eigenvalue weighted by molar-refractivity contribution is 0.253. The van der Waals surface area contributed by atoms with Crippen LogP contribution in [0.25, 0.3) is 28.2 Å². The van der Waals surface area contributed by atoms with Crippen LogP contribution in [0.15, 0.2) is 60.8 Å². The monoisotopic (exact) mass is 370 g/mol. The minimum absolute atomic E-state index is 0.167. The van der Waals surface area contributed by atoms with Crippen molar-refractivity contribution >= 4 is 17.1 Å². The number of imidazole rings is 1. The predicted molar refractivity (Wildman–Crippen MR) is 111 cm³/mol. The Kier molecular flexibility index (Phi) is 3.87. The van der Waals surface area contributed by atoms with Gasteiger partial charge in [0.05, 0.1) is 6.20 Å². The number of hydrogen-bond donors (Lipinski definition) is 2. The number of hydrogen-bond acceptors (Lipinski definition) is 5. The third kappa shape index (κ3) is 2.65. The fourth-order valence-electron chi connectivity index (χ4n) is 3.81. The number of benzene rings is 2. The van der Waals surface area contributed by atoms with Gasteiger partial charge in [-0.25, -0.2) is 9.97 Å². The van der Waals surface area contributed by atoms with Crippen LogP contribution in [-0.4, -0.2) is 26.6 Å². The van der Waals surface area contributed by atoms with Gasteiger partial charge < -0.3 is 11.1 Å². The zero-order valence-electron chi connectivity index (χ0n) is 15.8. The van der Waals surface area contributed by atoms with E-state index in [1.165, 1.54) is 12.0 Å². The maximum absolute atomic E-state index is 6.49. The number of anilines is 1. The second-order valence-electron chi connectivity index (χ2n) is 7.35. The molecule has 6 nitrogen and oxygen atoms in total. The Labute approximate surface area is 163 Å². The van der Waals surface area contributed by atoms with Gasteiger partial charge in [0, 0.05) is 23.8 Å². The lowest BCUT2D eigenvalue weighted by atomic mass is 9.73. The van der Waals surface area contributed by atoms with Crippen molar-refractivity contribution in [3.8, 4) is 17.1 Å². The van der Waals surface area contributed by atoms with Gasteiger partial charge >= 0.3 is 0 Å². The van der Waals surface area contributed by atoms with Crippen LogP contribution in [0.4, 0.5) is 5.95 Å². The van der Waals surface area contributed by atoms with Gasteiger partial charge in [0.25, 0.3) is 0 Å². The Morgan fingerprint density at radius 1 is 1.00 bits per heavy atom. The highest BCUT2D eigenvalue weighted by molar-refractivity contribution is 5.80. The van der Waals surface area contributed by atoms with Gasteiger partial charge in [0.1, 0.15) is 11.3 Å². The summed E-state index contributed by atoms with van der Waals surface area (Å²) in [5.74, 6) is 1.41. The van der Waals surface area contributed by atoms with E-state index in [9.17, 15) is 0 Å². The van der Waals surface area contributed by atoms with Crippen molar-refractivity contribution in [2.45, 2.75) is 24.8 Å². The molecular formula is C22H22N6. The Hall–Kier alpha value is -3.25. The van der Waals surface area contributed by atoms with Gasteiger partial charge in [0.15, 0.2) is 5.65 Å². The highest BCUT2D eigenvalue weighted by Gasteiger charge is 2.34. The van der Waals surface area contributed by atoms with Gasteiger partial charge in [-0.05, 0) is 37.0 Å². The molecule has 1 saturated carbocycles. The largest absolute Gasteiger partial charge is 0.357 e. The molecule has 0 atom stereocenters. The van der Waals surface area contributed by atoms with Crippen LogP contribution in [0.2, 0.25) is 0 Å². The van der Waals surface area contributed by atoms with Crippen molar-refractivity contribution in [3.05, 3.63) is 66.4 Å². The van der Waals surface area contributed by atoms with Crippen molar-refractivity contribution < 1.29 is 0 Å². The van der Waals surface area contributed by atoms with Crippen molar-refractivity contribution in [1.82, 2.24) is 19.5 Å². The first-order chi connectivity index (χ1) is 13.7. The fraction of sp³-hybridized carbons (Fsp3) is 0.227. The quantitative estimate of drug-likeness (QED) is 0.570. The molecule has 0 spiro atoms. The van der Waals surface area contributed by atoms with Gasteiger partial charge in [-0.15, -0.1) is 0 Å². The molecule has 2 aromatic carbocycles. The number of fused-ring (bicyclic) bond motifs is 1. The Balaban J connectivity index is 1.70. The standard InChI is InChI=1S/C22H22N6/c1-24-21-25-14-18-20(27-21)28(19(26-18)15-6-3-2-4-7-15)17-10-8-16(9-11-17)22(23)12-5-13-22/h2-4,6-11,14H,5,12-13,23H2,1H3,(H,24,25,27). The van der Waals surface area contributed by atoms with Crippen LogP contribution in [0.1, 0.15) is 24.8 Å². The van der Waals surface area contributed by atoms with Crippen molar-refractivity contribution in [3.63, 3.8) is 0 Å². The second-order valence-corrected chi connectivity index (χ2v) is 7.35. The number of nitrogens with zero attached hydrogens (tertiary/aromatic N) is 4. The highest BCUT2D eigenvalue weighted by atomic mass is 15.2. The van der Waals surface area contributed by atoms with Crippen molar-refractivity contribution in [1.29, 1.82) is 0 Å². The summed E-state index contributed by atoms with van der Waals surface area (Å²) in [6.45, 7) is 0. The zero-order chi connectivity index (χ0) is 19.1. The van der Waals surface area contributed by atoms with Crippen LogP contribution in [0.5, 0.6) is 0 Å². The lowest BCUT2D eigenvalue weighted by Gasteiger charge is -2.38. The van der Waals surface area contributed by atoms with Crippen molar-refractivity contribution in [2.75, 3.05) is 12.4 Å². The summed E-state index contributed by atoms with van der Waals surface area (Å²) in [7, 11) is 1.81. The molecule has 1 aliphatic carbocycles. The van der Waals surface area contributed by atoms with E-state index in [1.807, 2.05) is 25.2 Å². The van der Waals surface area contributed by atoms with E-state index >= 15 is 0 Å². The summed E-state index contributed by atoms with van der Waals surface area (Å²) in [6.07, 6.45) is 5.06. The average Bonchev–Trinajstić information content (AvgIpc) is 3.11. The number of rotatable bonds is 4. The van der Waals surface area contributed by atoms with E-state index in [0.717, 1.165) is 41.1 Å². The molecule has 0 amide bonds. The summed E-state index contributed by atoms with van der Waals surface area (Å²) >= 11 is 0. The molecule has 5 rings (SSSR count). The molecule has 1 fully saturated rings. The van der Waals surface area contributed by atoms with E-state index < -0.39 is 0 Å². The molecule has 4 aromatic rings. The smallest absolute Gasteiger partial charge is 0.224 e. The number of nitrogens with two attached hydrogens (primary N) is 1. The normalized spacial score (nSPS) is 15.4. The first-order valence-electron chi connectivity index (χ1n) is 9.56. The SMILES string of the molecule is CNc1ncc2nc(-c3ccccc3)n(-c3ccc(C4(N)CCC4)cc3)c2n1. The highest BCUT2D eigenvalue weighted by Crippen LogP contribution is 2.39. The van der Waals surface area contributed by atoms with Crippen molar-refractivity contribution in [2.24, 2.45) is 5.73 Å². The molecule has 28 heavy (non-hydrogen) atoms. The zero-order valence-corrected chi connectivity index (χ0v) is 15.8. The van der Waals surface area contributed by atoms with Crippen LogP contribution < -0.4 is 11.1 Å². The molecule has 2 heterocycles. The predicted octanol–water partition coefficient (Wildman–Crippen LogP) is 3.86. The minimum atomic E-state index is -0.167.